The number of para-hydroxylation sites is 1. The molecule has 0 spiro atoms. The van der Waals surface area contributed by atoms with Crippen molar-refractivity contribution >= 4 is 34.3 Å². The summed E-state index contributed by atoms with van der Waals surface area (Å²) in [6.45, 7) is 0.625. The number of hydrogen-bond donors (Lipinski definition) is 3. The van der Waals surface area contributed by atoms with Crippen molar-refractivity contribution < 1.29 is 4.79 Å². The summed E-state index contributed by atoms with van der Waals surface area (Å²) in [5, 5.41) is 3.72. The lowest BCUT2D eigenvalue weighted by atomic mass is 10.1. The summed E-state index contributed by atoms with van der Waals surface area (Å²) in [6.07, 6.45) is 2.00. The third-order valence-electron chi connectivity index (χ3n) is 2.70. The molecule has 1 heterocycles. The SMILES string of the molecule is CSCCNC(=O)c1cc(NN)c2ccccc2n1. The molecule has 6 heteroatoms. The van der Waals surface area contributed by atoms with E-state index in [4.69, 9.17) is 5.84 Å². The largest absolute Gasteiger partial charge is 0.350 e. The molecule has 0 atom stereocenters. The number of fused-ring (bicyclic) bond motifs is 1. The van der Waals surface area contributed by atoms with Gasteiger partial charge in [-0.25, -0.2) is 4.98 Å². The number of carbonyl (C=O) groups is 1. The normalized spacial score (nSPS) is 10.4. The zero-order valence-electron chi connectivity index (χ0n) is 10.6. The molecule has 0 aliphatic heterocycles. The van der Waals surface area contributed by atoms with E-state index in [1.165, 1.54) is 0 Å². The average molecular weight is 276 g/mol. The van der Waals surface area contributed by atoms with Crippen LogP contribution in [0.3, 0.4) is 0 Å². The summed E-state index contributed by atoms with van der Waals surface area (Å²) in [7, 11) is 0. The predicted octanol–water partition coefficient (Wildman–Crippen LogP) is 1.61. The van der Waals surface area contributed by atoms with Gasteiger partial charge in [0.1, 0.15) is 5.69 Å². The molecular weight excluding hydrogens is 260 g/mol. The lowest BCUT2D eigenvalue weighted by Gasteiger charge is -2.09. The first-order valence-corrected chi connectivity index (χ1v) is 7.29. The minimum Gasteiger partial charge on any atom is -0.350 e. The summed E-state index contributed by atoms with van der Waals surface area (Å²) >= 11 is 1.68. The van der Waals surface area contributed by atoms with Crippen LogP contribution in [0.15, 0.2) is 30.3 Å². The van der Waals surface area contributed by atoms with Gasteiger partial charge in [-0.05, 0) is 18.4 Å². The van der Waals surface area contributed by atoms with Gasteiger partial charge in [0.05, 0.1) is 11.2 Å². The van der Waals surface area contributed by atoms with Crippen molar-refractivity contribution in [1.29, 1.82) is 0 Å². The van der Waals surface area contributed by atoms with Gasteiger partial charge in [0.2, 0.25) is 0 Å². The average Bonchev–Trinajstić information content (AvgIpc) is 2.46. The summed E-state index contributed by atoms with van der Waals surface area (Å²) < 4.78 is 0. The zero-order chi connectivity index (χ0) is 13.7. The van der Waals surface area contributed by atoms with Gasteiger partial charge in [0, 0.05) is 17.7 Å². The lowest BCUT2D eigenvalue weighted by molar-refractivity contribution is 0.0951. The number of aromatic nitrogens is 1. The molecule has 2 rings (SSSR count). The Kier molecular flexibility index (Phi) is 4.59. The van der Waals surface area contributed by atoms with Crippen LogP contribution in [-0.2, 0) is 0 Å². The van der Waals surface area contributed by atoms with Gasteiger partial charge in [0.15, 0.2) is 0 Å². The first-order valence-electron chi connectivity index (χ1n) is 5.90. The Hall–Kier alpha value is -1.79. The molecule has 0 bridgehead atoms. The van der Waals surface area contributed by atoms with Crippen molar-refractivity contribution in [1.82, 2.24) is 10.3 Å². The van der Waals surface area contributed by atoms with E-state index >= 15 is 0 Å². The Morgan fingerprint density at radius 1 is 1.42 bits per heavy atom. The Morgan fingerprint density at radius 2 is 2.21 bits per heavy atom. The molecule has 0 fully saturated rings. The number of nitrogen functional groups attached to an aromatic ring is 1. The number of nitrogens with one attached hydrogen (secondary N) is 2. The number of hydrogen-bond acceptors (Lipinski definition) is 5. The summed E-state index contributed by atoms with van der Waals surface area (Å²) in [5.41, 5.74) is 4.42. The second kappa shape index (κ2) is 6.40. The summed E-state index contributed by atoms with van der Waals surface area (Å²) in [4.78, 5) is 16.3. The van der Waals surface area contributed by atoms with Crippen molar-refractivity contribution in [2.45, 2.75) is 0 Å². The number of benzene rings is 1. The summed E-state index contributed by atoms with van der Waals surface area (Å²) in [6, 6.07) is 9.21. The first kappa shape index (κ1) is 13.6. The fourth-order valence-corrected chi connectivity index (χ4v) is 2.07. The minimum atomic E-state index is -0.184. The molecule has 4 N–H and O–H groups in total. The Labute approximate surface area is 115 Å². The van der Waals surface area contributed by atoms with E-state index in [9.17, 15) is 4.79 Å². The predicted molar refractivity (Wildman–Crippen MR) is 80.3 cm³/mol. The molecule has 2 aromatic rings. The number of pyridine rings is 1. The molecular formula is C13H16N4OS. The van der Waals surface area contributed by atoms with Crippen molar-refractivity contribution in [2.24, 2.45) is 5.84 Å². The highest BCUT2D eigenvalue weighted by Gasteiger charge is 2.10. The van der Waals surface area contributed by atoms with E-state index in [-0.39, 0.29) is 5.91 Å². The third-order valence-corrected chi connectivity index (χ3v) is 3.31. The molecule has 19 heavy (non-hydrogen) atoms. The third kappa shape index (κ3) is 3.15. The van der Waals surface area contributed by atoms with E-state index in [0.29, 0.717) is 17.9 Å². The van der Waals surface area contributed by atoms with Crippen LogP contribution in [0.5, 0.6) is 0 Å². The molecule has 1 amide bonds. The molecule has 0 saturated carbocycles. The van der Waals surface area contributed by atoms with Gasteiger partial charge in [-0.3, -0.25) is 10.6 Å². The molecule has 100 valence electrons. The van der Waals surface area contributed by atoms with Crippen molar-refractivity contribution in [2.75, 3.05) is 24.0 Å². The highest BCUT2D eigenvalue weighted by Crippen LogP contribution is 2.22. The van der Waals surface area contributed by atoms with Crippen molar-refractivity contribution in [3.63, 3.8) is 0 Å². The van der Waals surface area contributed by atoms with Crippen LogP contribution in [0, 0.1) is 0 Å². The van der Waals surface area contributed by atoms with Gasteiger partial charge in [-0.2, -0.15) is 11.8 Å². The number of carbonyl (C=O) groups excluding carboxylic acids is 1. The van der Waals surface area contributed by atoms with E-state index in [1.807, 2.05) is 30.5 Å². The number of anilines is 1. The quantitative estimate of drug-likeness (QED) is 0.439. The lowest BCUT2D eigenvalue weighted by Crippen LogP contribution is -2.26. The first-order chi connectivity index (χ1) is 9.26. The Balaban J connectivity index is 2.31. The van der Waals surface area contributed by atoms with E-state index in [0.717, 1.165) is 16.7 Å². The van der Waals surface area contributed by atoms with E-state index in [1.54, 1.807) is 17.8 Å². The monoisotopic (exact) mass is 276 g/mol. The van der Waals surface area contributed by atoms with E-state index in [2.05, 4.69) is 15.7 Å². The summed E-state index contributed by atoms with van der Waals surface area (Å²) in [5.74, 6) is 6.19. The number of amides is 1. The van der Waals surface area contributed by atoms with Crippen LogP contribution in [0.4, 0.5) is 5.69 Å². The van der Waals surface area contributed by atoms with Crippen LogP contribution in [0.25, 0.3) is 10.9 Å². The molecule has 1 aromatic carbocycles. The maximum absolute atomic E-state index is 12.0. The van der Waals surface area contributed by atoms with Crippen LogP contribution < -0.4 is 16.6 Å². The molecule has 0 saturated heterocycles. The topological polar surface area (TPSA) is 80.0 Å². The number of thioether (sulfide) groups is 1. The maximum atomic E-state index is 12.0. The number of hydrazine groups is 1. The van der Waals surface area contributed by atoms with Crippen LogP contribution in [0.2, 0.25) is 0 Å². The molecule has 5 nitrogen and oxygen atoms in total. The second-order valence-electron chi connectivity index (χ2n) is 3.97. The number of nitrogens with two attached hydrogens (primary N) is 1. The smallest absolute Gasteiger partial charge is 0.270 e. The molecule has 0 aliphatic rings. The highest BCUT2D eigenvalue weighted by molar-refractivity contribution is 7.98. The van der Waals surface area contributed by atoms with Crippen LogP contribution in [-0.4, -0.2) is 29.4 Å². The molecule has 0 radical (unpaired) electrons. The highest BCUT2D eigenvalue weighted by atomic mass is 32.2. The van der Waals surface area contributed by atoms with Crippen LogP contribution in [0.1, 0.15) is 10.5 Å². The maximum Gasteiger partial charge on any atom is 0.270 e. The Bertz CT molecular complexity index is 588. The molecule has 1 aromatic heterocycles. The standard InChI is InChI=1S/C13H16N4OS/c1-19-7-6-15-13(18)12-8-11(17-14)9-4-2-3-5-10(9)16-12/h2-5,8H,6-7,14H2,1H3,(H,15,18)(H,16,17). The van der Waals surface area contributed by atoms with Gasteiger partial charge in [0.25, 0.3) is 5.91 Å². The van der Waals surface area contributed by atoms with Crippen LogP contribution >= 0.6 is 11.8 Å². The van der Waals surface area contributed by atoms with E-state index < -0.39 is 0 Å². The van der Waals surface area contributed by atoms with Crippen molar-refractivity contribution in [3.8, 4) is 0 Å². The van der Waals surface area contributed by atoms with Gasteiger partial charge >= 0.3 is 0 Å². The molecule has 0 aliphatic carbocycles. The van der Waals surface area contributed by atoms with Crippen molar-refractivity contribution in [3.05, 3.63) is 36.0 Å². The van der Waals surface area contributed by atoms with Gasteiger partial charge < -0.3 is 10.7 Å². The fraction of sp³-hybridized carbons (Fsp3) is 0.231. The second-order valence-corrected chi connectivity index (χ2v) is 4.95. The zero-order valence-corrected chi connectivity index (χ0v) is 11.5. The Morgan fingerprint density at radius 3 is 2.95 bits per heavy atom. The molecule has 0 unspecified atom stereocenters. The number of nitrogens with zero attached hydrogens (tertiary/aromatic N) is 1. The van der Waals surface area contributed by atoms with Gasteiger partial charge in [-0.15, -0.1) is 0 Å². The number of rotatable bonds is 5. The van der Waals surface area contributed by atoms with Gasteiger partial charge in [-0.1, -0.05) is 18.2 Å². The fourth-order valence-electron chi connectivity index (χ4n) is 1.77. The minimum absolute atomic E-state index is 0.184.